The number of hydrogen-bond donors (Lipinski definition) is 1. The standard InChI is InChI=1S/C20H18ClNO4/c1-11(2)26-15-8-5-13(6-9-15)17-18(23)20(25)22(19(17)24)14-7-4-12(3)16(21)10-14/h4-11,23H,1-3H3. The summed E-state index contributed by atoms with van der Waals surface area (Å²) in [5.41, 5.74) is 1.55. The van der Waals surface area contributed by atoms with Gasteiger partial charge in [-0.15, -0.1) is 0 Å². The number of anilines is 1. The third kappa shape index (κ3) is 3.18. The SMILES string of the molecule is Cc1ccc(N2C(=O)C(O)=C(c3ccc(OC(C)C)cc3)C2=O)cc1Cl. The third-order valence-electron chi connectivity index (χ3n) is 3.99. The Bertz CT molecular complexity index is 916. The first-order valence-electron chi connectivity index (χ1n) is 8.15. The van der Waals surface area contributed by atoms with Crippen LogP contribution in [0.4, 0.5) is 5.69 Å². The molecule has 1 heterocycles. The van der Waals surface area contributed by atoms with Gasteiger partial charge in [0.15, 0.2) is 5.76 Å². The molecule has 2 aromatic carbocycles. The van der Waals surface area contributed by atoms with Gasteiger partial charge >= 0.3 is 5.91 Å². The first-order chi connectivity index (χ1) is 12.3. The maximum Gasteiger partial charge on any atom is 0.301 e. The first-order valence-corrected chi connectivity index (χ1v) is 8.52. The number of carbonyl (C=O) groups excluding carboxylic acids is 2. The molecular formula is C20H18ClNO4. The fraction of sp³-hybridized carbons (Fsp3) is 0.200. The van der Waals surface area contributed by atoms with Gasteiger partial charge in [-0.2, -0.15) is 0 Å². The summed E-state index contributed by atoms with van der Waals surface area (Å²) >= 11 is 6.10. The van der Waals surface area contributed by atoms with E-state index in [1.807, 2.05) is 20.8 Å². The maximum absolute atomic E-state index is 12.8. The van der Waals surface area contributed by atoms with E-state index in [4.69, 9.17) is 16.3 Å². The molecule has 0 radical (unpaired) electrons. The molecule has 0 atom stereocenters. The van der Waals surface area contributed by atoms with Crippen molar-refractivity contribution in [1.29, 1.82) is 0 Å². The molecule has 0 aliphatic carbocycles. The van der Waals surface area contributed by atoms with Gasteiger partial charge in [0.05, 0.1) is 17.4 Å². The molecule has 0 bridgehead atoms. The van der Waals surface area contributed by atoms with Gasteiger partial charge in [-0.05, 0) is 56.2 Å². The summed E-state index contributed by atoms with van der Waals surface area (Å²) in [5.74, 6) is -1.30. The molecule has 0 saturated heterocycles. The van der Waals surface area contributed by atoms with Crippen LogP contribution in [0.15, 0.2) is 48.2 Å². The number of aliphatic hydroxyl groups excluding tert-OH is 1. The van der Waals surface area contributed by atoms with Crippen LogP contribution in [0.2, 0.25) is 5.02 Å². The molecule has 26 heavy (non-hydrogen) atoms. The number of hydrogen-bond acceptors (Lipinski definition) is 4. The van der Waals surface area contributed by atoms with Crippen molar-refractivity contribution in [3.63, 3.8) is 0 Å². The van der Waals surface area contributed by atoms with E-state index < -0.39 is 17.6 Å². The van der Waals surface area contributed by atoms with Crippen molar-refractivity contribution in [3.05, 3.63) is 64.4 Å². The predicted octanol–water partition coefficient (Wildman–Crippen LogP) is 4.28. The van der Waals surface area contributed by atoms with Crippen LogP contribution >= 0.6 is 11.6 Å². The molecule has 2 aromatic rings. The number of aryl methyl sites for hydroxylation is 1. The average molecular weight is 372 g/mol. The number of halogens is 1. The summed E-state index contributed by atoms with van der Waals surface area (Å²) in [5, 5.41) is 10.7. The highest BCUT2D eigenvalue weighted by Crippen LogP contribution is 2.34. The van der Waals surface area contributed by atoms with Gasteiger partial charge in [-0.25, -0.2) is 4.90 Å². The normalized spacial score (nSPS) is 14.6. The average Bonchev–Trinajstić information content (AvgIpc) is 2.80. The highest BCUT2D eigenvalue weighted by molar-refractivity contribution is 6.45. The van der Waals surface area contributed by atoms with E-state index in [-0.39, 0.29) is 11.7 Å². The van der Waals surface area contributed by atoms with Crippen molar-refractivity contribution in [3.8, 4) is 5.75 Å². The number of nitrogens with zero attached hydrogens (tertiary/aromatic N) is 1. The van der Waals surface area contributed by atoms with Crippen molar-refractivity contribution in [1.82, 2.24) is 0 Å². The van der Waals surface area contributed by atoms with Gasteiger partial charge in [-0.3, -0.25) is 9.59 Å². The van der Waals surface area contributed by atoms with E-state index >= 15 is 0 Å². The lowest BCUT2D eigenvalue weighted by Gasteiger charge is -2.15. The second-order valence-corrected chi connectivity index (χ2v) is 6.70. The third-order valence-corrected chi connectivity index (χ3v) is 4.40. The van der Waals surface area contributed by atoms with E-state index in [9.17, 15) is 14.7 Å². The number of carbonyl (C=O) groups is 2. The lowest BCUT2D eigenvalue weighted by Crippen LogP contribution is -2.31. The minimum atomic E-state index is -0.771. The van der Waals surface area contributed by atoms with E-state index in [1.54, 1.807) is 36.4 Å². The molecule has 5 nitrogen and oxygen atoms in total. The van der Waals surface area contributed by atoms with Crippen LogP contribution in [0.25, 0.3) is 5.57 Å². The quantitative estimate of drug-likeness (QED) is 0.814. The lowest BCUT2D eigenvalue weighted by atomic mass is 10.1. The monoisotopic (exact) mass is 371 g/mol. The second kappa shape index (κ2) is 6.84. The van der Waals surface area contributed by atoms with Crippen molar-refractivity contribution in [2.75, 3.05) is 4.90 Å². The highest BCUT2D eigenvalue weighted by Gasteiger charge is 2.40. The maximum atomic E-state index is 12.8. The Morgan fingerprint density at radius 1 is 1.04 bits per heavy atom. The largest absolute Gasteiger partial charge is 0.502 e. The van der Waals surface area contributed by atoms with Gasteiger partial charge in [0.25, 0.3) is 5.91 Å². The van der Waals surface area contributed by atoms with E-state index in [2.05, 4.69) is 0 Å². The molecule has 6 heteroatoms. The number of rotatable bonds is 4. The number of amides is 2. The number of imide groups is 1. The predicted molar refractivity (Wildman–Crippen MR) is 100 cm³/mol. The molecule has 3 rings (SSSR count). The van der Waals surface area contributed by atoms with Crippen LogP contribution in [0.3, 0.4) is 0 Å². The molecule has 0 spiro atoms. The summed E-state index contributed by atoms with van der Waals surface area (Å²) in [6.07, 6.45) is 0.0185. The number of ether oxygens (including phenoxy) is 1. The molecule has 0 aromatic heterocycles. The van der Waals surface area contributed by atoms with Crippen LogP contribution in [-0.2, 0) is 9.59 Å². The summed E-state index contributed by atoms with van der Waals surface area (Å²) in [7, 11) is 0. The summed E-state index contributed by atoms with van der Waals surface area (Å²) < 4.78 is 5.57. The molecule has 1 aliphatic rings. The van der Waals surface area contributed by atoms with Crippen molar-refractivity contribution in [2.45, 2.75) is 26.9 Å². The van der Waals surface area contributed by atoms with E-state index in [0.717, 1.165) is 10.5 Å². The molecule has 0 unspecified atom stereocenters. The molecular weight excluding hydrogens is 354 g/mol. The van der Waals surface area contributed by atoms with E-state index in [1.165, 1.54) is 6.07 Å². The molecule has 0 fully saturated rings. The topological polar surface area (TPSA) is 66.8 Å². The van der Waals surface area contributed by atoms with Crippen LogP contribution < -0.4 is 9.64 Å². The Balaban J connectivity index is 1.95. The fourth-order valence-electron chi connectivity index (χ4n) is 2.71. The fourth-order valence-corrected chi connectivity index (χ4v) is 2.88. The van der Waals surface area contributed by atoms with Crippen LogP contribution in [0.5, 0.6) is 5.75 Å². The Morgan fingerprint density at radius 2 is 1.69 bits per heavy atom. The lowest BCUT2D eigenvalue weighted by molar-refractivity contribution is -0.121. The molecule has 134 valence electrons. The molecule has 1 aliphatic heterocycles. The zero-order chi connectivity index (χ0) is 19.0. The Morgan fingerprint density at radius 3 is 2.27 bits per heavy atom. The summed E-state index contributed by atoms with van der Waals surface area (Å²) in [6, 6.07) is 11.5. The molecule has 0 saturated carbocycles. The van der Waals surface area contributed by atoms with E-state index in [0.29, 0.717) is 22.0 Å². The summed E-state index contributed by atoms with van der Waals surface area (Å²) in [6.45, 7) is 5.64. The van der Waals surface area contributed by atoms with Gasteiger partial charge in [0, 0.05) is 5.02 Å². The zero-order valence-corrected chi connectivity index (χ0v) is 15.4. The van der Waals surface area contributed by atoms with Crippen LogP contribution in [0.1, 0.15) is 25.0 Å². The Labute approximate surface area is 156 Å². The molecule has 2 amide bonds. The van der Waals surface area contributed by atoms with Gasteiger partial charge < -0.3 is 9.84 Å². The smallest absolute Gasteiger partial charge is 0.301 e. The van der Waals surface area contributed by atoms with Crippen molar-refractivity contribution < 1.29 is 19.4 Å². The Kier molecular flexibility index (Phi) is 4.74. The van der Waals surface area contributed by atoms with Crippen LogP contribution in [-0.4, -0.2) is 23.0 Å². The Hall–Kier alpha value is -2.79. The summed E-state index contributed by atoms with van der Waals surface area (Å²) in [4.78, 5) is 26.2. The first kappa shape index (κ1) is 18.0. The second-order valence-electron chi connectivity index (χ2n) is 6.29. The minimum Gasteiger partial charge on any atom is -0.502 e. The highest BCUT2D eigenvalue weighted by atomic mass is 35.5. The van der Waals surface area contributed by atoms with Crippen molar-refractivity contribution >= 4 is 34.7 Å². The molecule has 1 N–H and O–H groups in total. The van der Waals surface area contributed by atoms with Crippen LogP contribution in [0, 0.1) is 6.92 Å². The number of aliphatic hydroxyl groups is 1. The van der Waals surface area contributed by atoms with Crippen molar-refractivity contribution in [2.24, 2.45) is 0 Å². The van der Waals surface area contributed by atoms with Gasteiger partial charge in [0.1, 0.15) is 5.75 Å². The van der Waals surface area contributed by atoms with Gasteiger partial charge in [0.2, 0.25) is 0 Å². The number of benzene rings is 2. The zero-order valence-electron chi connectivity index (χ0n) is 14.6. The van der Waals surface area contributed by atoms with Gasteiger partial charge in [-0.1, -0.05) is 29.8 Å². The minimum absolute atomic E-state index is 0.0185.